The Bertz CT molecular complexity index is 698. The van der Waals surface area contributed by atoms with Crippen LogP contribution in [0.25, 0.3) is 0 Å². The quantitative estimate of drug-likeness (QED) is 0.863. The van der Waals surface area contributed by atoms with Crippen LogP contribution in [0.5, 0.6) is 0 Å². The molecule has 1 aliphatic heterocycles. The van der Waals surface area contributed by atoms with E-state index in [1.54, 1.807) is 12.5 Å². The third-order valence-electron chi connectivity index (χ3n) is 3.87. The summed E-state index contributed by atoms with van der Waals surface area (Å²) in [6.07, 6.45) is 5.55. The second kappa shape index (κ2) is 6.55. The van der Waals surface area contributed by atoms with Crippen LogP contribution in [0, 0.1) is 0 Å². The molecular formula is C15H19N7O. The monoisotopic (exact) mass is 313 g/mol. The summed E-state index contributed by atoms with van der Waals surface area (Å²) in [5.41, 5.74) is 6.48. The number of nitrogens with two attached hydrogens (primary N) is 1. The van der Waals surface area contributed by atoms with E-state index in [0.29, 0.717) is 5.82 Å². The summed E-state index contributed by atoms with van der Waals surface area (Å²) >= 11 is 0. The largest absolute Gasteiger partial charge is 0.364 e. The second-order valence-electron chi connectivity index (χ2n) is 5.32. The number of anilines is 2. The summed E-state index contributed by atoms with van der Waals surface area (Å²) in [6, 6.07) is 2.03. The summed E-state index contributed by atoms with van der Waals surface area (Å²) in [5, 5.41) is 0. The molecule has 0 unspecified atom stereocenters. The van der Waals surface area contributed by atoms with Gasteiger partial charge in [0.1, 0.15) is 23.7 Å². The zero-order valence-corrected chi connectivity index (χ0v) is 13.0. The summed E-state index contributed by atoms with van der Waals surface area (Å²) in [5.74, 6) is 1.07. The fourth-order valence-electron chi connectivity index (χ4n) is 2.54. The smallest absolute Gasteiger partial charge is 0.268 e. The van der Waals surface area contributed by atoms with Gasteiger partial charge in [0.05, 0.1) is 12.4 Å². The van der Waals surface area contributed by atoms with E-state index in [4.69, 9.17) is 5.73 Å². The molecule has 2 N–H and O–H groups in total. The number of rotatable bonds is 4. The lowest BCUT2D eigenvalue weighted by atomic mass is 10.2. The molecule has 0 saturated carbocycles. The maximum absolute atomic E-state index is 11.2. The fraction of sp³-hybridized carbons (Fsp3) is 0.400. The Morgan fingerprint density at radius 1 is 1.13 bits per heavy atom. The number of amides is 1. The molecule has 8 heteroatoms. The van der Waals surface area contributed by atoms with Crippen molar-refractivity contribution in [1.29, 1.82) is 0 Å². The maximum atomic E-state index is 11.2. The molecule has 0 aliphatic carbocycles. The molecule has 1 fully saturated rings. The highest BCUT2D eigenvalue weighted by Gasteiger charge is 2.20. The van der Waals surface area contributed by atoms with E-state index in [9.17, 15) is 4.79 Å². The van der Waals surface area contributed by atoms with Gasteiger partial charge in [-0.1, -0.05) is 6.92 Å². The Labute approximate surface area is 134 Å². The lowest BCUT2D eigenvalue weighted by molar-refractivity contribution is 0.0995. The Kier molecular flexibility index (Phi) is 4.31. The van der Waals surface area contributed by atoms with Gasteiger partial charge >= 0.3 is 0 Å². The molecule has 1 aliphatic rings. The normalized spacial score (nSPS) is 14.8. The molecular weight excluding hydrogens is 294 g/mol. The molecule has 0 atom stereocenters. The molecule has 0 aromatic carbocycles. The SMILES string of the molecule is CCc1cc(N2CCN(c3cncc(C(N)=O)n3)CC2)ncn1. The Hall–Kier alpha value is -2.77. The lowest BCUT2D eigenvalue weighted by Crippen LogP contribution is -2.47. The fourth-order valence-corrected chi connectivity index (χ4v) is 2.54. The lowest BCUT2D eigenvalue weighted by Gasteiger charge is -2.35. The van der Waals surface area contributed by atoms with E-state index in [-0.39, 0.29) is 5.69 Å². The predicted octanol–water partition coefficient (Wildman–Crippen LogP) is 0.255. The highest BCUT2D eigenvalue weighted by atomic mass is 16.1. The summed E-state index contributed by atoms with van der Waals surface area (Å²) in [7, 11) is 0. The van der Waals surface area contributed by atoms with Gasteiger partial charge in [-0.15, -0.1) is 0 Å². The van der Waals surface area contributed by atoms with Gasteiger partial charge in [-0.2, -0.15) is 0 Å². The number of hydrogen-bond acceptors (Lipinski definition) is 7. The second-order valence-corrected chi connectivity index (χ2v) is 5.32. The zero-order chi connectivity index (χ0) is 16.2. The first kappa shape index (κ1) is 15.1. The highest BCUT2D eigenvalue weighted by Crippen LogP contribution is 2.17. The molecule has 3 rings (SSSR count). The summed E-state index contributed by atoms with van der Waals surface area (Å²) in [6.45, 7) is 5.28. The maximum Gasteiger partial charge on any atom is 0.268 e. The van der Waals surface area contributed by atoms with Gasteiger partial charge in [0.2, 0.25) is 0 Å². The molecule has 1 saturated heterocycles. The van der Waals surface area contributed by atoms with Crippen molar-refractivity contribution >= 4 is 17.5 Å². The summed E-state index contributed by atoms with van der Waals surface area (Å²) in [4.78, 5) is 32.4. The molecule has 120 valence electrons. The zero-order valence-electron chi connectivity index (χ0n) is 13.0. The molecule has 8 nitrogen and oxygen atoms in total. The van der Waals surface area contributed by atoms with Gasteiger partial charge in [0, 0.05) is 37.9 Å². The van der Waals surface area contributed by atoms with Crippen molar-refractivity contribution in [1.82, 2.24) is 19.9 Å². The first-order valence-electron chi connectivity index (χ1n) is 7.60. The number of aryl methyl sites for hydroxylation is 1. The first-order chi connectivity index (χ1) is 11.2. The summed E-state index contributed by atoms with van der Waals surface area (Å²) < 4.78 is 0. The van der Waals surface area contributed by atoms with E-state index in [1.807, 2.05) is 6.07 Å². The molecule has 0 spiro atoms. The van der Waals surface area contributed by atoms with Crippen LogP contribution in [-0.4, -0.2) is 52.0 Å². The van der Waals surface area contributed by atoms with Crippen LogP contribution in [0.2, 0.25) is 0 Å². The van der Waals surface area contributed by atoms with Gasteiger partial charge < -0.3 is 15.5 Å². The van der Waals surface area contributed by atoms with Crippen molar-refractivity contribution < 1.29 is 4.79 Å². The average Bonchev–Trinajstić information content (AvgIpc) is 2.62. The minimum atomic E-state index is -0.564. The van der Waals surface area contributed by atoms with Crippen LogP contribution in [0.15, 0.2) is 24.8 Å². The number of piperazine rings is 1. The van der Waals surface area contributed by atoms with Crippen molar-refractivity contribution in [3.63, 3.8) is 0 Å². The average molecular weight is 313 g/mol. The molecule has 2 aromatic heterocycles. The number of hydrogen-bond donors (Lipinski definition) is 1. The van der Waals surface area contributed by atoms with Gasteiger partial charge in [-0.3, -0.25) is 9.78 Å². The van der Waals surface area contributed by atoms with E-state index < -0.39 is 5.91 Å². The predicted molar refractivity (Wildman–Crippen MR) is 86.4 cm³/mol. The van der Waals surface area contributed by atoms with E-state index >= 15 is 0 Å². The van der Waals surface area contributed by atoms with Crippen molar-refractivity contribution in [3.8, 4) is 0 Å². The van der Waals surface area contributed by atoms with E-state index in [2.05, 4.69) is 36.7 Å². The standard InChI is InChI=1S/C15H19N7O/c1-2-11-7-13(19-10-18-11)21-3-5-22(6-4-21)14-9-17-8-12(20-14)15(16)23/h7-10H,2-6H2,1H3,(H2,16,23). The molecule has 0 radical (unpaired) electrons. The van der Waals surface area contributed by atoms with Crippen LogP contribution < -0.4 is 15.5 Å². The van der Waals surface area contributed by atoms with E-state index in [1.165, 1.54) is 6.20 Å². The molecule has 23 heavy (non-hydrogen) atoms. The third-order valence-corrected chi connectivity index (χ3v) is 3.87. The molecule has 0 bridgehead atoms. The first-order valence-corrected chi connectivity index (χ1v) is 7.60. The van der Waals surface area contributed by atoms with Gasteiger partial charge in [-0.05, 0) is 6.42 Å². The Morgan fingerprint density at radius 3 is 2.48 bits per heavy atom. The Balaban J connectivity index is 1.68. The van der Waals surface area contributed by atoms with Gasteiger partial charge in [0.25, 0.3) is 5.91 Å². The molecule has 1 amide bonds. The van der Waals surface area contributed by atoms with Crippen molar-refractivity contribution in [2.24, 2.45) is 5.73 Å². The number of nitrogens with zero attached hydrogens (tertiary/aromatic N) is 6. The van der Waals surface area contributed by atoms with Crippen LogP contribution >= 0.6 is 0 Å². The number of carbonyl (C=O) groups excluding carboxylic acids is 1. The van der Waals surface area contributed by atoms with Gasteiger partial charge in [-0.25, -0.2) is 15.0 Å². The topological polar surface area (TPSA) is 101 Å². The third kappa shape index (κ3) is 3.36. The number of carbonyl (C=O) groups is 1. The van der Waals surface area contributed by atoms with Crippen LogP contribution in [0.3, 0.4) is 0 Å². The van der Waals surface area contributed by atoms with Gasteiger partial charge in [0.15, 0.2) is 0 Å². The molecule has 3 heterocycles. The van der Waals surface area contributed by atoms with Crippen molar-refractivity contribution in [2.75, 3.05) is 36.0 Å². The van der Waals surface area contributed by atoms with Crippen LogP contribution in [-0.2, 0) is 6.42 Å². The van der Waals surface area contributed by atoms with Crippen molar-refractivity contribution in [2.45, 2.75) is 13.3 Å². The van der Waals surface area contributed by atoms with Crippen LogP contribution in [0.1, 0.15) is 23.1 Å². The Morgan fingerprint density at radius 2 is 1.83 bits per heavy atom. The van der Waals surface area contributed by atoms with E-state index in [0.717, 1.165) is 44.1 Å². The number of aromatic nitrogens is 4. The number of primary amides is 1. The van der Waals surface area contributed by atoms with Crippen LogP contribution in [0.4, 0.5) is 11.6 Å². The van der Waals surface area contributed by atoms with Crippen molar-refractivity contribution in [3.05, 3.63) is 36.2 Å². The minimum Gasteiger partial charge on any atom is -0.364 e. The molecule has 2 aromatic rings. The minimum absolute atomic E-state index is 0.188. The highest BCUT2D eigenvalue weighted by molar-refractivity contribution is 5.90.